The third-order valence-electron chi connectivity index (χ3n) is 6.57. The molecule has 4 rings (SSSR count). The van der Waals surface area contributed by atoms with Gasteiger partial charge in [-0.1, -0.05) is 23.7 Å². The van der Waals surface area contributed by atoms with E-state index in [-0.39, 0.29) is 17.9 Å². The predicted octanol–water partition coefficient (Wildman–Crippen LogP) is 4.74. The lowest BCUT2D eigenvalue weighted by Gasteiger charge is -2.34. The molecule has 0 saturated carbocycles. The van der Waals surface area contributed by atoms with Crippen LogP contribution in [0.15, 0.2) is 42.5 Å². The van der Waals surface area contributed by atoms with Gasteiger partial charge in [-0.05, 0) is 49.6 Å². The van der Waals surface area contributed by atoms with Gasteiger partial charge in [0.15, 0.2) is 0 Å². The fourth-order valence-corrected chi connectivity index (χ4v) is 4.99. The molecule has 0 spiro atoms. The van der Waals surface area contributed by atoms with Gasteiger partial charge in [-0.25, -0.2) is 0 Å². The van der Waals surface area contributed by atoms with Crippen molar-refractivity contribution in [3.05, 3.63) is 47.5 Å². The number of nitrogens with one attached hydrogen (secondary N) is 1. The van der Waals surface area contributed by atoms with E-state index in [1.54, 1.807) is 30.2 Å². The molecule has 34 heavy (non-hydrogen) atoms. The van der Waals surface area contributed by atoms with Gasteiger partial charge < -0.3 is 24.6 Å². The number of likely N-dealkylation sites (tertiary alicyclic amines) is 1. The second-order valence-corrected chi connectivity index (χ2v) is 9.24. The highest BCUT2D eigenvalue weighted by Gasteiger charge is 2.30. The average molecular weight is 486 g/mol. The number of anilines is 2. The number of hydrogen-bond acceptors (Lipinski definition) is 5. The highest BCUT2D eigenvalue weighted by atomic mass is 35.5. The van der Waals surface area contributed by atoms with Gasteiger partial charge in [0.05, 0.1) is 17.8 Å². The first-order valence-corrected chi connectivity index (χ1v) is 12.3. The summed E-state index contributed by atoms with van der Waals surface area (Å²) >= 11 is 6.49. The largest absolute Gasteiger partial charge is 0.495 e. The molecule has 2 saturated heterocycles. The number of amides is 2. The van der Waals surface area contributed by atoms with Crippen LogP contribution in [-0.2, 0) is 9.59 Å². The topological polar surface area (TPSA) is 71.1 Å². The van der Waals surface area contributed by atoms with Crippen LogP contribution in [0.1, 0.15) is 39.0 Å². The summed E-state index contributed by atoms with van der Waals surface area (Å²) in [5, 5.41) is 3.37. The van der Waals surface area contributed by atoms with E-state index in [0.29, 0.717) is 29.4 Å². The highest BCUT2D eigenvalue weighted by Crippen LogP contribution is 2.33. The number of para-hydroxylation sites is 2. The molecule has 1 N–H and O–H groups in total. The Labute approximate surface area is 206 Å². The van der Waals surface area contributed by atoms with Gasteiger partial charge in [-0.2, -0.15) is 0 Å². The fraction of sp³-hybridized carbons (Fsp3) is 0.462. The Kier molecular flexibility index (Phi) is 7.83. The summed E-state index contributed by atoms with van der Waals surface area (Å²) < 4.78 is 11.7. The molecule has 2 fully saturated rings. The summed E-state index contributed by atoms with van der Waals surface area (Å²) in [5.74, 6) is 1.24. The number of methoxy groups -OCH3 is 1. The van der Waals surface area contributed by atoms with Crippen molar-refractivity contribution in [3.8, 4) is 11.5 Å². The maximum atomic E-state index is 12.8. The van der Waals surface area contributed by atoms with Gasteiger partial charge in [0.2, 0.25) is 11.8 Å². The molecule has 0 aliphatic carbocycles. The summed E-state index contributed by atoms with van der Waals surface area (Å²) in [6.07, 6.45) is 4.35. The van der Waals surface area contributed by atoms with Gasteiger partial charge in [0.1, 0.15) is 23.6 Å². The van der Waals surface area contributed by atoms with Crippen LogP contribution in [0.3, 0.4) is 0 Å². The Bertz CT molecular complexity index is 1020. The normalized spacial score (nSPS) is 19.0. The minimum atomic E-state index is -0.436. The van der Waals surface area contributed by atoms with Gasteiger partial charge in [0, 0.05) is 45.1 Å². The number of ether oxygens (including phenoxy) is 2. The Hall–Kier alpha value is -2.93. The van der Waals surface area contributed by atoms with Gasteiger partial charge in [-0.15, -0.1) is 0 Å². The fourth-order valence-electron chi connectivity index (χ4n) is 4.77. The maximum Gasteiger partial charge on any atom is 0.247 e. The number of carbonyl (C=O) groups is 2. The smallest absolute Gasteiger partial charge is 0.247 e. The van der Waals surface area contributed by atoms with Crippen LogP contribution < -0.4 is 19.7 Å². The van der Waals surface area contributed by atoms with Crippen molar-refractivity contribution in [2.45, 2.75) is 51.2 Å². The maximum absolute atomic E-state index is 12.8. The minimum Gasteiger partial charge on any atom is -0.495 e. The van der Waals surface area contributed by atoms with Crippen LogP contribution >= 0.6 is 11.6 Å². The first-order valence-electron chi connectivity index (χ1n) is 11.9. The molecule has 1 unspecified atom stereocenters. The van der Waals surface area contributed by atoms with Crippen molar-refractivity contribution >= 4 is 34.8 Å². The van der Waals surface area contributed by atoms with E-state index >= 15 is 0 Å². The van der Waals surface area contributed by atoms with E-state index < -0.39 is 6.04 Å². The Morgan fingerprint density at radius 2 is 1.76 bits per heavy atom. The number of benzene rings is 2. The zero-order valence-corrected chi connectivity index (χ0v) is 20.5. The number of carbonyl (C=O) groups excluding carboxylic acids is 2. The van der Waals surface area contributed by atoms with E-state index in [0.717, 1.165) is 50.2 Å². The van der Waals surface area contributed by atoms with Crippen molar-refractivity contribution in [1.29, 1.82) is 0 Å². The molecule has 0 radical (unpaired) electrons. The highest BCUT2D eigenvalue weighted by molar-refractivity contribution is 6.32. The standard InChI is InChI=1S/C26H32ClN3O4/c1-18(31)30-14-6-5-8-23(30)26(32)28-19-10-11-24(21(27)17-19)34-20-12-15-29(16-13-20)22-7-3-4-9-25(22)33-2/h3-4,7,9-11,17,20,23H,5-6,8,12-16H2,1-2H3,(H,28,32). The van der Waals surface area contributed by atoms with Crippen molar-refractivity contribution in [1.82, 2.24) is 4.90 Å². The molecule has 2 aliphatic rings. The summed E-state index contributed by atoms with van der Waals surface area (Å²) in [4.78, 5) is 28.6. The van der Waals surface area contributed by atoms with E-state index in [9.17, 15) is 9.59 Å². The SMILES string of the molecule is COc1ccccc1N1CCC(Oc2ccc(NC(=O)C3CCCCN3C(C)=O)cc2Cl)CC1. The quantitative estimate of drug-likeness (QED) is 0.640. The van der Waals surface area contributed by atoms with E-state index in [1.165, 1.54) is 6.92 Å². The van der Waals surface area contributed by atoms with Crippen LogP contribution in [0.2, 0.25) is 5.02 Å². The van der Waals surface area contributed by atoms with E-state index in [2.05, 4.69) is 16.3 Å². The monoisotopic (exact) mass is 485 g/mol. The average Bonchev–Trinajstić information content (AvgIpc) is 2.86. The first-order chi connectivity index (χ1) is 16.5. The molecule has 2 amide bonds. The van der Waals surface area contributed by atoms with E-state index in [4.69, 9.17) is 21.1 Å². The number of piperidine rings is 2. The molecule has 2 aliphatic heterocycles. The van der Waals surface area contributed by atoms with E-state index in [1.807, 2.05) is 18.2 Å². The van der Waals surface area contributed by atoms with Crippen molar-refractivity contribution in [2.75, 3.05) is 37.0 Å². The molecule has 0 aromatic heterocycles. The molecule has 2 aromatic carbocycles. The zero-order chi connectivity index (χ0) is 24.1. The second-order valence-electron chi connectivity index (χ2n) is 8.83. The second kappa shape index (κ2) is 11.0. The lowest BCUT2D eigenvalue weighted by molar-refractivity contribution is -0.138. The Balaban J connectivity index is 1.33. The molecular formula is C26H32ClN3O4. The van der Waals surface area contributed by atoms with Crippen LogP contribution in [0.5, 0.6) is 11.5 Å². The minimum absolute atomic E-state index is 0.0651. The molecule has 8 heteroatoms. The third kappa shape index (κ3) is 5.58. The third-order valence-corrected chi connectivity index (χ3v) is 6.87. The Morgan fingerprint density at radius 3 is 2.47 bits per heavy atom. The lowest BCUT2D eigenvalue weighted by Crippen LogP contribution is -2.49. The van der Waals surface area contributed by atoms with Crippen LogP contribution in [0.25, 0.3) is 0 Å². The lowest BCUT2D eigenvalue weighted by atomic mass is 10.0. The number of nitrogens with zero attached hydrogens (tertiary/aromatic N) is 2. The summed E-state index contributed by atoms with van der Waals surface area (Å²) in [7, 11) is 1.69. The summed E-state index contributed by atoms with van der Waals surface area (Å²) in [6, 6.07) is 12.9. The van der Waals surface area contributed by atoms with Crippen molar-refractivity contribution in [2.24, 2.45) is 0 Å². The number of rotatable bonds is 6. The van der Waals surface area contributed by atoms with Gasteiger partial charge >= 0.3 is 0 Å². The Morgan fingerprint density at radius 1 is 1.00 bits per heavy atom. The molecule has 2 heterocycles. The number of hydrogen-bond donors (Lipinski definition) is 1. The first kappa shape index (κ1) is 24.2. The molecular weight excluding hydrogens is 454 g/mol. The molecule has 2 aromatic rings. The van der Waals surface area contributed by atoms with Gasteiger partial charge in [-0.3, -0.25) is 9.59 Å². The zero-order valence-electron chi connectivity index (χ0n) is 19.8. The molecule has 182 valence electrons. The number of halogens is 1. The molecule has 1 atom stereocenters. The van der Waals surface area contributed by atoms with Crippen molar-refractivity contribution in [3.63, 3.8) is 0 Å². The summed E-state index contributed by atoms with van der Waals surface area (Å²) in [6.45, 7) is 3.86. The van der Waals surface area contributed by atoms with Gasteiger partial charge in [0.25, 0.3) is 0 Å². The van der Waals surface area contributed by atoms with Crippen LogP contribution in [0.4, 0.5) is 11.4 Å². The predicted molar refractivity (Wildman–Crippen MR) is 134 cm³/mol. The van der Waals surface area contributed by atoms with Crippen molar-refractivity contribution < 1.29 is 19.1 Å². The van der Waals surface area contributed by atoms with Crippen LogP contribution in [-0.4, -0.2) is 55.6 Å². The molecule has 0 bridgehead atoms. The summed E-state index contributed by atoms with van der Waals surface area (Å²) in [5.41, 5.74) is 1.70. The van der Waals surface area contributed by atoms with Crippen LogP contribution in [0, 0.1) is 0 Å². The molecule has 7 nitrogen and oxygen atoms in total.